The molecule has 3 aromatic carbocycles. The van der Waals surface area contributed by atoms with E-state index < -0.39 is 24.0 Å². The molecule has 1 N–H and O–H groups in total. The molecule has 0 bridgehead atoms. The van der Waals surface area contributed by atoms with Crippen molar-refractivity contribution in [2.45, 2.75) is 38.9 Å². The molecule has 0 spiro atoms. The largest absolute Gasteiger partial charge is 0.492 e. The molecule has 8 nitrogen and oxygen atoms in total. The maximum absolute atomic E-state index is 13.6. The number of carboxylic acid groups (broad SMARTS) is 1. The molecule has 0 aliphatic carbocycles. The molecule has 0 aliphatic rings. The number of carbonyl (C=O) groups excluding carboxylic acids is 1. The van der Waals surface area contributed by atoms with Crippen LogP contribution in [-0.4, -0.2) is 61.1 Å². The van der Waals surface area contributed by atoms with E-state index >= 15 is 0 Å². The molecule has 1 atom stereocenters. The van der Waals surface area contributed by atoms with Crippen LogP contribution < -0.4 is 9.47 Å². The summed E-state index contributed by atoms with van der Waals surface area (Å²) in [7, 11) is 0. The fraction of sp³-hybridized carbons (Fsp3) is 0.355. The highest BCUT2D eigenvalue weighted by Crippen LogP contribution is 2.16. The molecule has 3 aromatic rings. The number of aliphatic carboxylic acids is 1. The predicted molar refractivity (Wildman–Crippen MR) is 148 cm³/mol. The first-order valence-electron chi connectivity index (χ1n) is 13.4. The first-order valence-corrected chi connectivity index (χ1v) is 13.4. The number of halogens is 2. The molecule has 0 radical (unpaired) electrons. The third-order valence-electron chi connectivity index (χ3n) is 6.03. The molecular weight excluding hydrogens is 536 g/mol. The van der Waals surface area contributed by atoms with Gasteiger partial charge in [-0.05, 0) is 67.3 Å². The molecule has 0 heterocycles. The minimum Gasteiger partial charge on any atom is -0.492 e. The first kappa shape index (κ1) is 31.5. The second-order valence-electron chi connectivity index (χ2n) is 9.18. The molecule has 3 rings (SSSR count). The van der Waals surface area contributed by atoms with Crippen molar-refractivity contribution >= 4 is 12.1 Å². The average molecular weight is 572 g/mol. The van der Waals surface area contributed by atoms with Gasteiger partial charge in [-0.3, -0.25) is 0 Å². The zero-order valence-corrected chi connectivity index (χ0v) is 23.0. The number of unbranched alkanes of at least 4 members (excludes halogenated alkanes) is 1. The Morgan fingerprint density at radius 2 is 1.59 bits per heavy atom. The molecule has 1 unspecified atom stereocenters. The van der Waals surface area contributed by atoms with Crippen LogP contribution in [0.1, 0.15) is 30.9 Å². The number of carboxylic acids is 1. The topological polar surface area (TPSA) is 94.5 Å². The standard InChI is InChI=1S/C31H35F2NO7/c1-2-39-29(30(35)36)20-23-10-14-27(15-11-23)40-19-17-34(31(37)41-28-7-5-6-26(33)21-28)16-3-4-18-38-22-24-8-12-25(32)13-9-24/h5-15,21,29H,2-4,16-20,22H2,1H3,(H,35,36). The second kappa shape index (κ2) is 16.9. The van der Waals surface area contributed by atoms with Gasteiger partial charge in [-0.2, -0.15) is 0 Å². The number of ether oxygens (including phenoxy) is 4. The van der Waals surface area contributed by atoms with Crippen LogP contribution in [0.25, 0.3) is 0 Å². The fourth-order valence-electron chi connectivity index (χ4n) is 3.90. The zero-order chi connectivity index (χ0) is 29.5. The first-order chi connectivity index (χ1) is 19.8. The van der Waals surface area contributed by atoms with Crippen LogP contribution in [0, 0.1) is 11.6 Å². The Morgan fingerprint density at radius 3 is 2.27 bits per heavy atom. The van der Waals surface area contributed by atoms with E-state index in [2.05, 4.69) is 0 Å². The van der Waals surface area contributed by atoms with Gasteiger partial charge in [0.2, 0.25) is 0 Å². The lowest BCUT2D eigenvalue weighted by Gasteiger charge is -2.22. The smallest absolute Gasteiger partial charge is 0.415 e. The van der Waals surface area contributed by atoms with E-state index in [9.17, 15) is 23.5 Å². The number of benzene rings is 3. The SMILES string of the molecule is CCOC(Cc1ccc(OCCN(CCCCOCc2ccc(F)cc2)C(=O)Oc2cccc(F)c2)cc1)C(=O)O. The maximum Gasteiger partial charge on any atom is 0.415 e. The summed E-state index contributed by atoms with van der Waals surface area (Å²) in [4.78, 5) is 25.7. The lowest BCUT2D eigenvalue weighted by molar-refractivity contribution is -0.149. The molecule has 0 aromatic heterocycles. The highest BCUT2D eigenvalue weighted by atomic mass is 19.1. The lowest BCUT2D eigenvalue weighted by Crippen LogP contribution is -2.37. The minimum atomic E-state index is -1.02. The van der Waals surface area contributed by atoms with Gasteiger partial charge in [-0.15, -0.1) is 0 Å². The normalized spacial score (nSPS) is 11.6. The van der Waals surface area contributed by atoms with Crippen molar-refractivity contribution in [3.05, 3.63) is 95.6 Å². The quantitative estimate of drug-likeness (QED) is 0.203. The molecule has 0 aliphatic heterocycles. The summed E-state index contributed by atoms with van der Waals surface area (Å²) in [5, 5.41) is 9.27. The van der Waals surface area contributed by atoms with Gasteiger partial charge in [0, 0.05) is 32.2 Å². The highest BCUT2D eigenvalue weighted by molar-refractivity contribution is 5.72. The van der Waals surface area contributed by atoms with E-state index in [0.29, 0.717) is 45.0 Å². The van der Waals surface area contributed by atoms with Crippen LogP contribution in [0.4, 0.5) is 13.6 Å². The van der Waals surface area contributed by atoms with Crippen molar-refractivity contribution < 1.29 is 42.4 Å². The molecule has 0 saturated heterocycles. The summed E-state index contributed by atoms with van der Waals surface area (Å²) in [5.74, 6) is -1.17. The molecule has 0 fully saturated rings. The molecule has 10 heteroatoms. The molecule has 220 valence electrons. The Bertz CT molecular complexity index is 1220. The van der Waals surface area contributed by atoms with Crippen LogP contribution in [0.15, 0.2) is 72.8 Å². The third-order valence-corrected chi connectivity index (χ3v) is 6.03. The van der Waals surface area contributed by atoms with E-state index in [0.717, 1.165) is 17.2 Å². The molecule has 1 amide bonds. The van der Waals surface area contributed by atoms with Crippen molar-refractivity contribution in [2.24, 2.45) is 0 Å². The van der Waals surface area contributed by atoms with Gasteiger partial charge in [0.05, 0.1) is 13.2 Å². The number of hydrogen-bond donors (Lipinski definition) is 1. The van der Waals surface area contributed by atoms with E-state index in [4.69, 9.17) is 18.9 Å². The summed E-state index contributed by atoms with van der Waals surface area (Å²) >= 11 is 0. The van der Waals surface area contributed by atoms with Crippen molar-refractivity contribution in [1.82, 2.24) is 4.90 Å². The molecule has 0 saturated carbocycles. The second-order valence-corrected chi connectivity index (χ2v) is 9.18. The Kier molecular flexibility index (Phi) is 13.0. The summed E-state index contributed by atoms with van der Waals surface area (Å²) < 4.78 is 48.7. The number of amides is 1. The molecule has 41 heavy (non-hydrogen) atoms. The predicted octanol–water partition coefficient (Wildman–Crippen LogP) is 5.87. The van der Waals surface area contributed by atoms with E-state index in [1.54, 1.807) is 43.3 Å². The van der Waals surface area contributed by atoms with Gasteiger partial charge in [0.25, 0.3) is 0 Å². The Balaban J connectivity index is 1.49. The fourth-order valence-corrected chi connectivity index (χ4v) is 3.90. The van der Waals surface area contributed by atoms with Crippen molar-refractivity contribution in [1.29, 1.82) is 0 Å². The monoisotopic (exact) mass is 571 g/mol. The van der Waals surface area contributed by atoms with Gasteiger partial charge in [-0.1, -0.05) is 30.3 Å². The number of nitrogens with zero attached hydrogens (tertiary/aromatic N) is 1. The number of hydrogen-bond acceptors (Lipinski definition) is 6. The Hall–Kier alpha value is -4.02. The van der Waals surface area contributed by atoms with E-state index in [1.165, 1.54) is 35.2 Å². The average Bonchev–Trinajstić information content (AvgIpc) is 2.95. The van der Waals surface area contributed by atoms with Gasteiger partial charge in [0.15, 0.2) is 6.10 Å². The maximum atomic E-state index is 13.6. The van der Waals surface area contributed by atoms with Crippen molar-refractivity contribution in [3.63, 3.8) is 0 Å². The Labute approximate surface area is 238 Å². The zero-order valence-electron chi connectivity index (χ0n) is 23.0. The number of rotatable bonds is 17. The van der Waals surface area contributed by atoms with E-state index in [1.807, 2.05) is 0 Å². The van der Waals surface area contributed by atoms with Crippen LogP contribution in [0.5, 0.6) is 11.5 Å². The van der Waals surface area contributed by atoms with Crippen molar-refractivity contribution in [3.8, 4) is 11.5 Å². The van der Waals surface area contributed by atoms with Gasteiger partial charge in [-0.25, -0.2) is 18.4 Å². The van der Waals surface area contributed by atoms with Crippen molar-refractivity contribution in [2.75, 3.05) is 32.9 Å². The highest BCUT2D eigenvalue weighted by Gasteiger charge is 2.18. The summed E-state index contributed by atoms with van der Waals surface area (Å²) in [6, 6.07) is 18.5. The van der Waals surface area contributed by atoms with Gasteiger partial charge < -0.3 is 29.0 Å². The lowest BCUT2D eigenvalue weighted by atomic mass is 10.1. The minimum absolute atomic E-state index is 0.103. The summed E-state index contributed by atoms with van der Waals surface area (Å²) in [6.07, 6.45) is -0.0144. The van der Waals surface area contributed by atoms with Crippen LogP contribution >= 0.6 is 0 Å². The van der Waals surface area contributed by atoms with Crippen LogP contribution in [0.2, 0.25) is 0 Å². The molecular formula is C31H35F2NO7. The third kappa shape index (κ3) is 11.5. The Morgan fingerprint density at radius 1 is 0.854 bits per heavy atom. The van der Waals surface area contributed by atoms with Crippen LogP contribution in [0.3, 0.4) is 0 Å². The van der Waals surface area contributed by atoms with Gasteiger partial charge >= 0.3 is 12.1 Å². The number of carbonyl (C=O) groups is 2. The summed E-state index contributed by atoms with van der Waals surface area (Å²) in [5.41, 5.74) is 1.66. The van der Waals surface area contributed by atoms with Gasteiger partial charge in [0.1, 0.15) is 29.7 Å². The van der Waals surface area contributed by atoms with E-state index in [-0.39, 0.29) is 31.1 Å². The summed E-state index contributed by atoms with van der Waals surface area (Å²) in [6.45, 7) is 3.63. The van der Waals surface area contributed by atoms with Crippen LogP contribution in [-0.2, 0) is 27.3 Å².